The van der Waals surface area contributed by atoms with Gasteiger partial charge in [0.05, 0.1) is 6.04 Å². The van der Waals surface area contributed by atoms with Gasteiger partial charge in [-0.2, -0.15) is 0 Å². The summed E-state index contributed by atoms with van der Waals surface area (Å²) in [5.41, 5.74) is 4.24. The van der Waals surface area contributed by atoms with Crippen molar-refractivity contribution in [2.45, 2.75) is 24.9 Å². The van der Waals surface area contributed by atoms with Crippen LogP contribution >= 0.6 is 0 Å². The zero-order valence-electron chi connectivity index (χ0n) is 14.0. The Morgan fingerprint density at radius 2 is 1.76 bits per heavy atom. The van der Waals surface area contributed by atoms with Gasteiger partial charge in [0, 0.05) is 25.1 Å². The highest BCUT2D eigenvalue weighted by Gasteiger charge is 2.42. The Morgan fingerprint density at radius 3 is 2.64 bits per heavy atom. The number of benzene rings is 2. The molecule has 124 valence electrons. The Morgan fingerprint density at radius 1 is 0.960 bits per heavy atom. The first-order valence-electron chi connectivity index (χ1n) is 8.84. The van der Waals surface area contributed by atoms with Crippen molar-refractivity contribution in [1.82, 2.24) is 9.97 Å². The second-order valence-electron chi connectivity index (χ2n) is 6.83. The van der Waals surface area contributed by atoms with Crippen LogP contribution < -0.4 is 10.2 Å². The zero-order chi connectivity index (χ0) is 16.6. The van der Waals surface area contributed by atoms with Crippen molar-refractivity contribution in [2.75, 3.05) is 16.8 Å². The molecule has 3 aromatic rings. The van der Waals surface area contributed by atoms with Gasteiger partial charge in [0.1, 0.15) is 18.0 Å². The lowest BCUT2D eigenvalue weighted by molar-refractivity contribution is 0.728. The van der Waals surface area contributed by atoms with Gasteiger partial charge in [-0.1, -0.05) is 54.6 Å². The number of nitrogens with zero attached hydrogens (tertiary/aromatic N) is 3. The number of rotatable bonds is 4. The molecule has 1 aliphatic carbocycles. The second-order valence-corrected chi connectivity index (χ2v) is 6.83. The quantitative estimate of drug-likeness (QED) is 0.781. The van der Waals surface area contributed by atoms with Gasteiger partial charge in [-0.05, 0) is 23.1 Å². The van der Waals surface area contributed by atoms with E-state index in [-0.39, 0.29) is 0 Å². The third kappa shape index (κ3) is 2.54. The van der Waals surface area contributed by atoms with Crippen molar-refractivity contribution in [3.8, 4) is 0 Å². The lowest BCUT2D eigenvalue weighted by atomic mass is 9.99. The van der Waals surface area contributed by atoms with E-state index in [4.69, 9.17) is 0 Å². The fourth-order valence-corrected chi connectivity index (χ4v) is 4.18. The molecule has 1 aliphatic heterocycles. The number of nitrogens with one attached hydrogen (secondary N) is 1. The molecular formula is C21H20N4. The van der Waals surface area contributed by atoms with E-state index in [1.807, 2.05) is 6.07 Å². The number of aromatic nitrogens is 2. The van der Waals surface area contributed by atoms with Crippen LogP contribution in [0.3, 0.4) is 0 Å². The van der Waals surface area contributed by atoms with Crippen molar-refractivity contribution in [2.24, 2.45) is 0 Å². The summed E-state index contributed by atoms with van der Waals surface area (Å²) in [5, 5.41) is 3.41. The van der Waals surface area contributed by atoms with Crippen LogP contribution in [0.1, 0.15) is 35.1 Å². The molecular weight excluding hydrogens is 308 g/mol. The minimum Gasteiger partial charge on any atom is -0.366 e. The molecule has 0 unspecified atom stereocenters. The Hall–Kier alpha value is -2.88. The summed E-state index contributed by atoms with van der Waals surface area (Å²) in [6, 6.07) is 21.8. The molecule has 4 nitrogen and oxygen atoms in total. The topological polar surface area (TPSA) is 41.0 Å². The molecule has 0 amide bonds. The van der Waals surface area contributed by atoms with Gasteiger partial charge in [-0.15, -0.1) is 0 Å². The van der Waals surface area contributed by atoms with Crippen LogP contribution in [0.15, 0.2) is 67.0 Å². The third-order valence-electron chi connectivity index (χ3n) is 5.36. The smallest absolute Gasteiger partial charge is 0.134 e. The van der Waals surface area contributed by atoms with Crippen molar-refractivity contribution < 1.29 is 0 Å². The Kier molecular flexibility index (Phi) is 3.40. The van der Waals surface area contributed by atoms with E-state index < -0.39 is 0 Å². The summed E-state index contributed by atoms with van der Waals surface area (Å²) in [4.78, 5) is 11.4. The Balaban J connectivity index is 1.36. The van der Waals surface area contributed by atoms with E-state index in [0.717, 1.165) is 24.7 Å². The van der Waals surface area contributed by atoms with Gasteiger partial charge in [0.2, 0.25) is 0 Å². The first-order chi connectivity index (χ1) is 12.4. The second kappa shape index (κ2) is 5.88. The highest BCUT2D eigenvalue weighted by Crippen LogP contribution is 2.51. The number of anilines is 2. The van der Waals surface area contributed by atoms with Crippen LogP contribution in [0.4, 0.5) is 11.6 Å². The SMILES string of the molecule is c1ccc(CNc2cc(N3C[C@H]4C[C@H]3c3ccccc34)ncn2)cc1. The van der Waals surface area contributed by atoms with Gasteiger partial charge >= 0.3 is 0 Å². The van der Waals surface area contributed by atoms with Gasteiger partial charge in [0.15, 0.2) is 0 Å². The minimum absolute atomic E-state index is 0.457. The molecule has 2 atom stereocenters. The van der Waals surface area contributed by atoms with Crippen molar-refractivity contribution in [3.63, 3.8) is 0 Å². The van der Waals surface area contributed by atoms with Crippen LogP contribution in [-0.4, -0.2) is 16.5 Å². The average Bonchev–Trinajstić information content (AvgIpc) is 3.27. The van der Waals surface area contributed by atoms with Gasteiger partial charge < -0.3 is 10.2 Å². The zero-order valence-corrected chi connectivity index (χ0v) is 14.0. The summed E-state index contributed by atoms with van der Waals surface area (Å²) in [6.45, 7) is 1.82. The lowest BCUT2D eigenvalue weighted by Gasteiger charge is -2.30. The summed E-state index contributed by atoms with van der Waals surface area (Å²) < 4.78 is 0. The molecule has 0 radical (unpaired) electrons. The van der Waals surface area contributed by atoms with Crippen LogP contribution in [0, 0.1) is 0 Å². The van der Waals surface area contributed by atoms with Crippen molar-refractivity contribution >= 4 is 11.6 Å². The first kappa shape index (κ1) is 14.5. The summed E-state index contributed by atoms with van der Waals surface area (Å²) in [6.07, 6.45) is 2.87. The van der Waals surface area contributed by atoms with Crippen molar-refractivity contribution in [3.05, 3.63) is 83.7 Å². The molecule has 5 rings (SSSR count). The fraction of sp³-hybridized carbons (Fsp3) is 0.238. The molecule has 0 spiro atoms. The number of fused-ring (bicyclic) bond motifs is 5. The highest BCUT2D eigenvalue weighted by molar-refractivity contribution is 5.56. The van der Waals surface area contributed by atoms with E-state index >= 15 is 0 Å². The van der Waals surface area contributed by atoms with Gasteiger partial charge in [0.25, 0.3) is 0 Å². The number of hydrogen-bond donors (Lipinski definition) is 1. The predicted molar refractivity (Wildman–Crippen MR) is 99.7 cm³/mol. The summed E-state index contributed by atoms with van der Waals surface area (Å²) in [7, 11) is 0. The summed E-state index contributed by atoms with van der Waals surface area (Å²) >= 11 is 0. The molecule has 25 heavy (non-hydrogen) atoms. The highest BCUT2D eigenvalue weighted by atomic mass is 15.3. The standard InChI is InChI=1S/C21H20N4/c1-2-6-15(7-3-1)12-22-20-11-21(24-14-23-20)25-13-16-10-19(25)18-9-5-4-8-17(16)18/h1-9,11,14,16,19H,10,12-13H2,(H,22,23,24)/t16-,19+/m1/s1. The Labute approximate surface area is 147 Å². The van der Waals surface area contributed by atoms with E-state index in [2.05, 4.69) is 74.8 Å². The lowest BCUT2D eigenvalue weighted by Crippen LogP contribution is -2.28. The molecule has 1 N–H and O–H groups in total. The molecule has 1 fully saturated rings. The maximum Gasteiger partial charge on any atom is 0.134 e. The molecule has 2 aromatic carbocycles. The van der Waals surface area contributed by atoms with Crippen LogP contribution in [0.5, 0.6) is 0 Å². The van der Waals surface area contributed by atoms with E-state index in [1.165, 1.54) is 23.1 Å². The number of hydrogen-bond acceptors (Lipinski definition) is 4. The van der Waals surface area contributed by atoms with Crippen LogP contribution in [0.25, 0.3) is 0 Å². The van der Waals surface area contributed by atoms with Crippen molar-refractivity contribution in [1.29, 1.82) is 0 Å². The minimum atomic E-state index is 0.457. The molecule has 2 bridgehead atoms. The predicted octanol–water partition coefficient (Wildman–Crippen LogP) is 4.14. The van der Waals surface area contributed by atoms with Crippen LogP contribution in [-0.2, 0) is 6.54 Å². The van der Waals surface area contributed by atoms with E-state index in [1.54, 1.807) is 6.33 Å². The fourth-order valence-electron chi connectivity index (χ4n) is 4.18. The molecule has 0 saturated carbocycles. The van der Waals surface area contributed by atoms with Gasteiger partial charge in [-0.25, -0.2) is 9.97 Å². The van der Waals surface area contributed by atoms with E-state index in [9.17, 15) is 0 Å². The van der Waals surface area contributed by atoms with E-state index in [0.29, 0.717) is 12.0 Å². The molecule has 4 heteroatoms. The van der Waals surface area contributed by atoms with Crippen LogP contribution in [0.2, 0.25) is 0 Å². The normalized spacial score (nSPS) is 20.6. The average molecular weight is 328 g/mol. The summed E-state index contributed by atoms with van der Waals surface area (Å²) in [5.74, 6) is 2.54. The maximum absolute atomic E-state index is 4.54. The Bertz CT molecular complexity index is 893. The molecule has 1 saturated heterocycles. The van der Waals surface area contributed by atoms with Gasteiger partial charge in [-0.3, -0.25) is 0 Å². The third-order valence-corrected chi connectivity index (χ3v) is 5.36. The molecule has 2 aliphatic rings. The molecule has 1 aromatic heterocycles. The monoisotopic (exact) mass is 328 g/mol. The first-order valence-corrected chi connectivity index (χ1v) is 8.84. The maximum atomic E-state index is 4.54. The largest absolute Gasteiger partial charge is 0.366 e. The molecule has 2 heterocycles.